The Morgan fingerprint density at radius 3 is 1.18 bits per heavy atom. The highest BCUT2D eigenvalue weighted by Crippen LogP contribution is 2.22. The van der Waals surface area contributed by atoms with Gasteiger partial charge in [-0.3, -0.25) is 14.4 Å². The van der Waals surface area contributed by atoms with Crippen LogP contribution >= 0.6 is 15.9 Å². The standard InChI is InChI=1S/2C18H21BO5.C15H13BrO2.C4H6O2/c2*1-23-18(20)10-7-15-13-16(8-9-17(15)19(21)22)24-12-11-14-5-3-2-4-6-14;16-15-7-6-14(10-13(15)11-17)18-9-8-12-4-2-1-3-5-12;1-3-4(5)6-2/h2*2-6,8-9,13,21-22H,7,10-12H2,1H3;1-7,10-11H,8-9H2;3H,1H2,2H3. The van der Waals surface area contributed by atoms with Crippen LogP contribution in [0.25, 0.3) is 0 Å². The van der Waals surface area contributed by atoms with Crippen molar-refractivity contribution < 1.29 is 67.7 Å². The Hall–Kier alpha value is -7.01. The number of hydrogen-bond acceptors (Lipinski definition) is 14. The molecule has 0 saturated heterocycles. The average Bonchev–Trinajstić information content (AvgIpc) is 3.41. The van der Waals surface area contributed by atoms with Crippen LogP contribution in [-0.4, -0.2) is 99.7 Å². The van der Waals surface area contributed by atoms with Crippen molar-refractivity contribution in [2.45, 2.75) is 44.9 Å². The van der Waals surface area contributed by atoms with Crippen LogP contribution in [0.1, 0.15) is 51.0 Å². The summed E-state index contributed by atoms with van der Waals surface area (Å²) in [7, 11) is 0.789. The molecule has 6 aromatic rings. The van der Waals surface area contributed by atoms with Crippen LogP contribution < -0.4 is 25.1 Å². The Morgan fingerprint density at radius 1 is 0.514 bits per heavy atom. The van der Waals surface area contributed by atoms with Crippen LogP contribution in [0.15, 0.2) is 163 Å². The van der Waals surface area contributed by atoms with Crippen molar-refractivity contribution in [3.8, 4) is 17.2 Å². The van der Waals surface area contributed by atoms with Crippen LogP contribution in [0, 0.1) is 0 Å². The Balaban J connectivity index is 0.000000272. The summed E-state index contributed by atoms with van der Waals surface area (Å²) in [6.45, 7) is 4.79. The highest BCUT2D eigenvalue weighted by Gasteiger charge is 2.19. The average molecular weight is 1050 g/mol. The molecule has 17 heteroatoms. The molecule has 0 saturated carbocycles. The lowest BCUT2D eigenvalue weighted by atomic mass is 9.76. The fourth-order valence-electron chi connectivity index (χ4n) is 6.54. The first-order valence-corrected chi connectivity index (χ1v) is 23.7. The fraction of sp³-hybridized carbons (Fsp3) is 0.236. The number of aryl methyl sites for hydroxylation is 2. The van der Waals surface area contributed by atoms with E-state index in [4.69, 9.17) is 14.2 Å². The molecule has 0 bridgehead atoms. The van der Waals surface area contributed by atoms with E-state index in [2.05, 4.69) is 48.9 Å². The summed E-state index contributed by atoms with van der Waals surface area (Å²) in [6, 6.07) is 45.7. The largest absolute Gasteiger partial charge is 0.493 e. The van der Waals surface area contributed by atoms with Gasteiger partial charge >= 0.3 is 32.1 Å². The maximum absolute atomic E-state index is 11.3. The van der Waals surface area contributed by atoms with Gasteiger partial charge < -0.3 is 48.5 Å². The van der Waals surface area contributed by atoms with E-state index in [0.717, 1.165) is 41.8 Å². The number of esters is 3. The van der Waals surface area contributed by atoms with Gasteiger partial charge in [0.1, 0.15) is 17.2 Å². The molecule has 0 heterocycles. The van der Waals surface area contributed by atoms with Crippen molar-refractivity contribution in [1.29, 1.82) is 0 Å². The highest BCUT2D eigenvalue weighted by molar-refractivity contribution is 9.10. The van der Waals surface area contributed by atoms with Crippen LogP contribution in [-0.2, 0) is 60.7 Å². The molecule has 0 spiro atoms. The maximum Gasteiger partial charge on any atom is 0.488 e. The maximum atomic E-state index is 11.3. The lowest BCUT2D eigenvalue weighted by Gasteiger charge is -2.12. The van der Waals surface area contributed by atoms with Gasteiger partial charge in [0.05, 0.1) is 41.2 Å². The first kappa shape index (κ1) is 59.3. The van der Waals surface area contributed by atoms with Crippen molar-refractivity contribution in [3.05, 3.63) is 196 Å². The minimum Gasteiger partial charge on any atom is -0.493 e. The van der Waals surface area contributed by atoms with E-state index in [1.807, 2.05) is 91.0 Å². The molecule has 4 N–H and O–H groups in total. The molecule has 0 fully saturated rings. The molecule has 0 aliphatic carbocycles. The van der Waals surface area contributed by atoms with Gasteiger partial charge in [-0.1, -0.05) is 126 Å². The van der Waals surface area contributed by atoms with E-state index in [1.165, 1.54) is 38.0 Å². The number of carbonyl (C=O) groups excluding carboxylic acids is 4. The predicted octanol–water partition coefficient (Wildman–Crippen LogP) is 6.42. The molecule has 6 rings (SSSR count). The molecule has 0 amide bonds. The summed E-state index contributed by atoms with van der Waals surface area (Å²) < 4.78 is 31.3. The monoisotopic (exact) mass is 1050 g/mol. The molecule has 378 valence electrons. The molecule has 6 aromatic carbocycles. The number of rotatable bonds is 22. The summed E-state index contributed by atoms with van der Waals surface area (Å²) in [5, 5.41) is 37.8. The zero-order valence-corrected chi connectivity index (χ0v) is 42.3. The zero-order chi connectivity index (χ0) is 52.5. The van der Waals surface area contributed by atoms with Crippen molar-refractivity contribution in [3.63, 3.8) is 0 Å². The summed E-state index contributed by atoms with van der Waals surface area (Å²) in [4.78, 5) is 43.2. The van der Waals surface area contributed by atoms with Gasteiger partial charge in [0.15, 0.2) is 6.29 Å². The van der Waals surface area contributed by atoms with Gasteiger partial charge in [-0.15, -0.1) is 0 Å². The third-order valence-electron chi connectivity index (χ3n) is 10.4. The normalized spacial score (nSPS) is 9.94. The first-order chi connectivity index (χ1) is 34.8. The number of methoxy groups -OCH3 is 3. The van der Waals surface area contributed by atoms with Crippen molar-refractivity contribution in [2.75, 3.05) is 41.2 Å². The number of carbonyl (C=O) groups is 4. The first-order valence-electron chi connectivity index (χ1n) is 22.9. The van der Waals surface area contributed by atoms with Gasteiger partial charge in [-0.05, 0) is 94.0 Å². The van der Waals surface area contributed by atoms with E-state index in [-0.39, 0.29) is 24.8 Å². The third kappa shape index (κ3) is 23.3. The molecule has 14 nitrogen and oxygen atoms in total. The molecule has 0 radical (unpaired) electrons. The molecule has 0 unspecified atom stereocenters. The molecule has 0 aromatic heterocycles. The summed E-state index contributed by atoms with van der Waals surface area (Å²) in [5.41, 5.74) is 6.28. The Morgan fingerprint density at radius 2 is 0.875 bits per heavy atom. The van der Waals surface area contributed by atoms with Crippen LogP contribution in [0.2, 0.25) is 0 Å². The van der Waals surface area contributed by atoms with Gasteiger partial charge in [0.25, 0.3) is 0 Å². The minimum atomic E-state index is -1.59. The number of aldehydes is 1. The quantitative estimate of drug-likeness (QED) is 0.0191. The second-order valence-electron chi connectivity index (χ2n) is 15.4. The number of halogens is 1. The Kier molecular flexibility index (Phi) is 28.3. The SMILES string of the molecule is C=CC(=O)OC.COC(=O)CCc1cc(OCCc2ccccc2)ccc1B(O)O.COC(=O)CCc1cc(OCCc2ccccc2)ccc1B(O)O.O=Cc1cc(OCCc2ccccc2)ccc1Br. The van der Waals surface area contributed by atoms with Gasteiger partial charge in [-0.2, -0.15) is 0 Å². The molecule has 0 aliphatic rings. The van der Waals surface area contributed by atoms with Crippen LogP contribution in [0.3, 0.4) is 0 Å². The van der Waals surface area contributed by atoms with Crippen molar-refractivity contribution in [2.24, 2.45) is 0 Å². The third-order valence-corrected chi connectivity index (χ3v) is 11.1. The smallest absolute Gasteiger partial charge is 0.488 e. The minimum absolute atomic E-state index is 0.170. The molecule has 0 aliphatic heterocycles. The molecule has 0 atom stereocenters. The highest BCUT2D eigenvalue weighted by atomic mass is 79.9. The lowest BCUT2D eigenvalue weighted by Crippen LogP contribution is -2.33. The molecular weight excluding hydrogens is 986 g/mol. The zero-order valence-electron chi connectivity index (χ0n) is 40.7. The molecular formula is C55H61B2BrO14. The van der Waals surface area contributed by atoms with Crippen LogP contribution in [0.5, 0.6) is 17.2 Å². The lowest BCUT2D eigenvalue weighted by molar-refractivity contribution is -0.141. The second-order valence-corrected chi connectivity index (χ2v) is 16.3. The number of benzene rings is 6. The van der Waals surface area contributed by atoms with Gasteiger partial charge in [0, 0.05) is 48.2 Å². The summed E-state index contributed by atoms with van der Waals surface area (Å²) in [5.74, 6) is 0.907. The number of hydrogen-bond donors (Lipinski definition) is 4. The molecule has 72 heavy (non-hydrogen) atoms. The topological polar surface area (TPSA) is 205 Å². The van der Waals surface area contributed by atoms with Crippen molar-refractivity contribution in [1.82, 2.24) is 0 Å². The van der Waals surface area contributed by atoms with Crippen LogP contribution in [0.4, 0.5) is 0 Å². The van der Waals surface area contributed by atoms with Gasteiger partial charge in [0.2, 0.25) is 0 Å². The van der Waals surface area contributed by atoms with E-state index in [1.54, 1.807) is 42.5 Å². The number of ether oxygens (including phenoxy) is 6. The Bertz CT molecular complexity index is 2430. The predicted molar refractivity (Wildman–Crippen MR) is 282 cm³/mol. The van der Waals surface area contributed by atoms with Crippen molar-refractivity contribution >= 4 is 65.3 Å². The summed E-state index contributed by atoms with van der Waals surface area (Å²) in [6.07, 6.45) is 5.39. The van der Waals surface area contributed by atoms with Gasteiger partial charge in [-0.25, -0.2) is 4.79 Å². The fourth-order valence-corrected chi connectivity index (χ4v) is 6.88. The van der Waals surface area contributed by atoms with E-state index in [0.29, 0.717) is 71.8 Å². The Labute approximate surface area is 430 Å². The summed E-state index contributed by atoms with van der Waals surface area (Å²) >= 11 is 3.31. The van der Waals surface area contributed by atoms with E-state index >= 15 is 0 Å². The second kappa shape index (κ2) is 34.3. The van der Waals surface area contributed by atoms with E-state index < -0.39 is 20.2 Å². The van der Waals surface area contributed by atoms with E-state index in [9.17, 15) is 39.3 Å².